The summed E-state index contributed by atoms with van der Waals surface area (Å²) in [5.41, 5.74) is 1.53. The van der Waals surface area contributed by atoms with Crippen molar-refractivity contribution in [2.75, 3.05) is 14.1 Å². The molecule has 0 unspecified atom stereocenters. The van der Waals surface area contributed by atoms with Crippen molar-refractivity contribution in [3.8, 4) is 5.75 Å². The third-order valence-corrected chi connectivity index (χ3v) is 3.95. The lowest BCUT2D eigenvalue weighted by atomic mass is 9.84. The maximum atomic E-state index is 11.8. The molecule has 1 aromatic carbocycles. The molecule has 2 rings (SSSR count). The molecule has 1 amide bonds. The van der Waals surface area contributed by atoms with Gasteiger partial charge in [-0.3, -0.25) is 4.79 Å². The van der Waals surface area contributed by atoms with Gasteiger partial charge in [-0.2, -0.15) is 0 Å². The number of nitrogens with zero attached hydrogens (tertiary/aromatic N) is 1. The average Bonchev–Trinajstić information content (AvgIpc) is 2.39. The molecular formula is C16H23NO2. The van der Waals surface area contributed by atoms with Crippen LogP contribution in [0.3, 0.4) is 0 Å². The van der Waals surface area contributed by atoms with E-state index >= 15 is 0 Å². The van der Waals surface area contributed by atoms with Gasteiger partial charge in [-0.15, -0.1) is 0 Å². The quantitative estimate of drug-likeness (QED) is 0.907. The van der Waals surface area contributed by atoms with E-state index < -0.39 is 0 Å². The fourth-order valence-corrected chi connectivity index (χ4v) is 2.85. The molecule has 1 N–H and O–H groups in total. The molecule has 1 aliphatic rings. The van der Waals surface area contributed by atoms with E-state index in [1.165, 1.54) is 37.0 Å². The molecule has 1 saturated carbocycles. The Morgan fingerprint density at radius 1 is 1.26 bits per heavy atom. The summed E-state index contributed by atoms with van der Waals surface area (Å²) in [6, 6.07) is 5.48. The molecule has 104 valence electrons. The van der Waals surface area contributed by atoms with Crippen molar-refractivity contribution in [2.45, 2.75) is 38.5 Å². The van der Waals surface area contributed by atoms with Crippen LogP contribution in [0.25, 0.3) is 0 Å². The summed E-state index contributed by atoms with van der Waals surface area (Å²) < 4.78 is 0. The predicted molar refractivity (Wildman–Crippen MR) is 76.4 cm³/mol. The van der Waals surface area contributed by atoms with Gasteiger partial charge in [0.25, 0.3) is 5.91 Å². The number of carbonyl (C=O) groups is 1. The molecule has 1 aromatic rings. The summed E-state index contributed by atoms with van der Waals surface area (Å²) in [5.74, 6) is 0.692. The van der Waals surface area contributed by atoms with Gasteiger partial charge in [-0.1, -0.05) is 38.2 Å². The van der Waals surface area contributed by atoms with Crippen LogP contribution in [0.15, 0.2) is 18.2 Å². The molecule has 1 aliphatic carbocycles. The van der Waals surface area contributed by atoms with E-state index in [1.54, 1.807) is 26.2 Å². The molecule has 0 saturated heterocycles. The Hall–Kier alpha value is -1.51. The number of benzene rings is 1. The van der Waals surface area contributed by atoms with Gasteiger partial charge in [0.05, 0.1) is 5.56 Å². The Kier molecular flexibility index (Phi) is 4.46. The van der Waals surface area contributed by atoms with E-state index in [9.17, 15) is 9.90 Å². The maximum absolute atomic E-state index is 11.8. The van der Waals surface area contributed by atoms with Gasteiger partial charge < -0.3 is 10.0 Å². The highest BCUT2D eigenvalue weighted by Crippen LogP contribution is 2.28. The minimum Gasteiger partial charge on any atom is -0.507 e. The zero-order valence-electron chi connectivity index (χ0n) is 11.9. The van der Waals surface area contributed by atoms with E-state index in [-0.39, 0.29) is 11.7 Å². The summed E-state index contributed by atoms with van der Waals surface area (Å²) in [5, 5.41) is 9.99. The van der Waals surface area contributed by atoms with Crippen LogP contribution in [-0.4, -0.2) is 30.0 Å². The molecule has 0 spiro atoms. The van der Waals surface area contributed by atoms with Gasteiger partial charge in [0.1, 0.15) is 5.75 Å². The zero-order valence-corrected chi connectivity index (χ0v) is 11.9. The first kappa shape index (κ1) is 13.9. The van der Waals surface area contributed by atoms with Crippen molar-refractivity contribution >= 4 is 5.91 Å². The van der Waals surface area contributed by atoms with Crippen molar-refractivity contribution in [3.63, 3.8) is 0 Å². The smallest absolute Gasteiger partial charge is 0.257 e. The Bertz CT molecular complexity index is 448. The lowest BCUT2D eigenvalue weighted by Gasteiger charge is -2.21. The highest BCUT2D eigenvalue weighted by atomic mass is 16.3. The normalized spacial score (nSPS) is 16.3. The maximum Gasteiger partial charge on any atom is 0.257 e. The van der Waals surface area contributed by atoms with Gasteiger partial charge in [-0.25, -0.2) is 0 Å². The molecule has 0 radical (unpaired) electrons. The van der Waals surface area contributed by atoms with Crippen LogP contribution < -0.4 is 0 Å². The minimum atomic E-state index is -0.151. The van der Waals surface area contributed by atoms with E-state index in [2.05, 4.69) is 0 Å². The highest BCUT2D eigenvalue weighted by Gasteiger charge is 2.17. The lowest BCUT2D eigenvalue weighted by Crippen LogP contribution is -2.21. The fraction of sp³-hybridized carbons (Fsp3) is 0.562. The van der Waals surface area contributed by atoms with E-state index in [1.807, 2.05) is 6.07 Å². The summed E-state index contributed by atoms with van der Waals surface area (Å²) >= 11 is 0. The number of phenolic OH excluding ortho intramolecular Hbond substituents is 1. The molecular weight excluding hydrogens is 238 g/mol. The highest BCUT2D eigenvalue weighted by molar-refractivity contribution is 5.96. The number of phenols is 1. The van der Waals surface area contributed by atoms with Crippen molar-refractivity contribution in [3.05, 3.63) is 29.3 Å². The number of carbonyl (C=O) groups excluding carboxylic acids is 1. The Labute approximate surface area is 115 Å². The molecule has 19 heavy (non-hydrogen) atoms. The second-order valence-electron chi connectivity index (χ2n) is 5.76. The topological polar surface area (TPSA) is 40.5 Å². The summed E-state index contributed by atoms with van der Waals surface area (Å²) in [6.45, 7) is 0. The third-order valence-electron chi connectivity index (χ3n) is 3.95. The van der Waals surface area contributed by atoms with Crippen LogP contribution in [0.4, 0.5) is 0 Å². The second-order valence-corrected chi connectivity index (χ2v) is 5.76. The Balaban J connectivity index is 2.07. The SMILES string of the molecule is CN(C)C(=O)c1ccc(CC2CCCCC2)cc1O. The monoisotopic (exact) mass is 261 g/mol. The van der Waals surface area contributed by atoms with E-state index in [0.717, 1.165) is 17.9 Å². The van der Waals surface area contributed by atoms with Gasteiger partial charge in [0.2, 0.25) is 0 Å². The van der Waals surface area contributed by atoms with Gasteiger partial charge >= 0.3 is 0 Å². The van der Waals surface area contributed by atoms with Gasteiger partial charge in [-0.05, 0) is 30.0 Å². The molecule has 1 fully saturated rings. The Morgan fingerprint density at radius 2 is 1.95 bits per heavy atom. The molecule has 0 aliphatic heterocycles. The standard InChI is InChI=1S/C16H23NO2/c1-17(2)16(19)14-9-8-13(11-15(14)18)10-12-6-4-3-5-7-12/h8-9,11-12,18H,3-7,10H2,1-2H3. The number of amides is 1. The van der Waals surface area contributed by atoms with Gasteiger partial charge in [0.15, 0.2) is 0 Å². The zero-order chi connectivity index (χ0) is 13.8. The summed E-state index contributed by atoms with van der Waals surface area (Å²) in [6.07, 6.45) is 7.61. The van der Waals surface area contributed by atoms with Crippen LogP contribution in [0.5, 0.6) is 5.75 Å². The first-order valence-corrected chi connectivity index (χ1v) is 7.11. The average molecular weight is 261 g/mol. The van der Waals surface area contributed by atoms with Crippen molar-refractivity contribution in [2.24, 2.45) is 5.92 Å². The molecule has 3 heteroatoms. The van der Waals surface area contributed by atoms with E-state index in [0.29, 0.717) is 5.56 Å². The van der Waals surface area contributed by atoms with Crippen LogP contribution in [0, 0.1) is 5.92 Å². The van der Waals surface area contributed by atoms with Crippen molar-refractivity contribution in [1.29, 1.82) is 0 Å². The lowest BCUT2D eigenvalue weighted by molar-refractivity contribution is 0.0824. The molecule has 0 bridgehead atoms. The minimum absolute atomic E-state index is 0.104. The van der Waals surface area contributed by atoms with Crippen molar-refractivity contribution < 1.29 is 9.90 Å². The van der Waals surface area contributed by atoms with Crippen LogP contribution in [-0.2, 0) is 6.42 Å². The van der Waals surface area contributed by atoms with E-state index in [4.69, 9.17) is 0 Å². The predicted octanol–water partition coefficient (Wildman–Crippen LogP) is 3.22. The van der Waals surface area contributed by atoms with Crippen LogP contribution >= 0.6 is 0 Å². The Morgan fingerprint density at radius 3 is 2.53 bits per heavy atom. The first-order valence-electron chi connectivity index (χ1n) is 7.11. The largest absolute Gasteiger partial charge is 0.507 e. The molecule has 0 atom stereocenters. The third kappa shape index (κ3) is 3.49. The summed E-state index contributed by atoms with van der Waals surface area (Å²) in [7, 11) is 3.38. The number of hydrogen-bond donors (Lipinski definition) is 1. The first-order chi connectivity index (χ1) is 9.08. The molecule has 0 aromatic heterocycles. The second kappa shape index (κ2) is 6.09. The number of rotatable bonds is 3. The molecule has 0 heterocycles. The van der Waals surface area contributed by atoms with Crippen LogP contribution in [0.1, 0.15) is 48.0 Å². The van der Waals surface area contributed by atoms with Crippen LogP contribution in [0.2, 0.25) is 0 Å². The molecule has 3 nitrogen and oxygen atoms in total. The number of hydrogen-bond acceptors (Lipinski definition) is 2. The van der Waals surface area contributed by atoms with Gasteiger partial charge in [0, 0.05) is 14.1 Å². The number of aromatic hydroxyl groups is 1. The fourth-order valence-electron chi connectivity index (χ4n) is 2.85. The summed E-state index contributed by atoms with van der Waals surface area (Å²) in [4.78, 5) is 13.3. The van der Waals surface area contributed by atoms with Crippen molar-refractivity contribution in [1.82, 2.24) is 4.90 Å².